The Morgan fingerprint density at radius 1 is 0.977 bits per heavy atom. The van der Waals surface area contributed by atoms with Gasteiger partial charge in [0.2, 0.25) is 5.91 Å². The maximum Gasteiger partial charge on any atom is 0.491 e. The van der Waals surface area contributed by atoms with Crippen LogP contribution >= 0.6 is 0 Å². The molecule has 0 bridgehead atoms. The van der Waals surface area contributed by atoms with E-state index in [0.717, 1.165) is 12.1 Å². The molecule has 0 aliphatic carbocycles. The predicted molar refractivity (Wildman–Crippen MR) is 149 cm³/mol. The highest BCUT2D eigenvalue weighted by Gasteiger charge is 2.53. The van der Waals surface area contributed by atoms with Crippen LogP contribution in [-0.2, 0) is 31.4 Å². The molecule has 224 valence electrons. The van der Waals surface area contributed by atoms with Crippen LogP contribution in [0.5, 0.6) is 5.75 Å². The quantitative estimate of drug-likeness (QED) is 0.124. The molecule has 3 aromatic carbocycles. The number of nitrogens with one attached hydrogen (secondary N) is 3. The fraction of sp³-hybridized carbons (Fsp3) is 0.172. The highest BCUT2D eigenvalue weighted by atomic mass is 19.4. The molecule has 5 N–H and O–H groups in total. The van der Waals surface area contributed by atoms with Crippen LogP contribution in [0.25, 0.3) is 10.8 Å². The Morgan fingerprint density at radius 3 is 2.44 bits per heavy atom. The van der Waals surface area contributed by atoms with Crippen molar-refractivity contribution in [3.05, 3.63) is 89.9 Å². The molecule has 0 spiro atoms. The lowest BCUT2D eigenvalue weighted by molar-refractivity contribution is -0.213. The van der Waals surface area contributed by atoms with Crippen LogP contribution in [0.4, 0.5) is 34.8 Å². The first-order chi connectivity index (χ1) is 20.3. The highest BCUT2D eigenvalue weighted by Crippen LogP contribution is 2.36. The summed E-state index contributed by atoms with van der Waals surface area (Å²) in [5, 5.41) is 8.45. The summed E-state index contributed by atoms with van der Waals surface area (Å²) in [5.74, 6) is -5.53. The maximum atomic E-state index is 15.4. The lowest BCUT2D eigenvalue weighted by atomic mass is 9.98. The van der Waals surface area contributed by atoms with Crippen LogP contribution in [0.2, 0.25) is 0 Å². The van der Waals surface area contributed by atoms with Gasteiger partial charge in [0.05, 0.1) is 12.7 Å². The Labute approximate surface area is 242 Å². The minimum Gasteiger partial charge on any atom is -0.497 e. The molecule has 0 fully saturated rings. The van der Waals surface area contributed by atoms with Crippen LogP contribution in [0, 0.1) is 5.82 Å². The normalized spacial score (nSPS) is 12.6. The lowest BCUT2D eigenvalue weighted by Crippen LogP contribution is -2.54. The number of methoxy groups -OCH3 is 1. The molecule has 10 nitrogen and oxygen atoms in total. The van der Waals surface area contributed by atoms with Gasteiger partial charge in [-0.2, -0.15) is 13.2 Å². The monoisotopic (exact) mass is 599 g/mol. The van der Waals surface area contributed by atoms with Crippen LogP contribution in [0.15, 0.2) is 72.9 Å². The number of hydrogen-bond donors (Lipinski definition) is 4. The number of aromatic nitrogens is 1. The van der Waals surface area contributed by atoms with E-state index in [4.69, 9.17) is 15.2 Å². The van der Waals surface area contributed by atoms with Crippen molar-refractivity contribution in [2.45, 2.75) is 25.4 Å². The minimum absolute atomic E-state index is 0.0295. The maximum absolute atomic E-state index is 15.4. The van der Waals surface area contributed by atoms with Gasteiger partial charge in [0.1, 0.15) is 17.4 Å². The first-order valence-corrected chi connectivity index (χ1v) is 12.5. The number of nitrogens with zero attached hydrogens (tertiary/aromatic N) is 1. The van der Waals surface area contributed by atoms with E-state index in [-0.39, 0.29) is 29.7 Å². The molecule has 14 heteroatoms. The summed E-state index contributed by atoms with van der Waals surface area (Å²) in [4.78, 5) is 41.6. The minimum atomic E-state index is -5.56. The Hall–Kier alpha value is -5.40. The van der Waals surface area contributed by atoms with Gasteiger partial charge < -0.3 is 31.2 Å². The van der Waals surface area contributed by atoms with Crippen LogP contribution in [-0.4, -0.2) is 36.1 Å². The second-order valence-corrected chi connectivity index (χ2v) is 9.24. The van der Waals surface area contributed by atoms with Crippen molar-refractivity contribution in [2.24, 2.45) is 0 Å². The average molecular weight is 600 g/mol. The summed E-state index contributed by atoms with van der Waals surface area (Å²) < 4.78 is 66.2. The molecule has 1 unspecified atom stereocenters. The number of carbonyl (C=O) groups is 3. The molecule has 2 amide bonds. The summed E-state index contributed by atoms with van der Waals surface area (Å²) in [5.41, 5.74) is 2.78. The molecule has 0 aliphatic rings. The molecule has 4 rings (SSSR count). The number of benzene rings is 3. The van der Waals surface area contributed by atoms with Gasteiger partial charge in [-0.05, 0) is 65.5 Å². The second-order valence-electron chi connectivity index (χ2n) is 9.24. The van der Waals surface area contributed by atoms with Gasteiger partial charge >= 0.3 is 12.1 Å². The third kappa shape index (κ3) is 6.92. The molecular weight excluding hydrogens is 574 g/mol. The molecule has 0 radical (unpaired) electrons. The number of rotatable bonds is 9. The van der Waals surface area contributed by atoms with E-state index in [1.807, 2.05) is 0 Å². The SMILES string of the molecule is COc1ccc(F)c(C(Nc2ccc3c(N)nccc3c2)(OC(=O)C(F)(F)F)C(=O)NCc2cccc(NC(C)=O)c2)c1. The van der Waals surface area contributed by atoms with Gasteiger partial charge in [-0.25, -0.2) is 14.2 Å². The molecule has 1 heterocycles. The number of nitrogen functional groups attached to an aromatic ring is 1. The van der Waals surface area contributed by atoms with Gasteiger partial charge in [-0.3, -0.25) is 9.59 Å². The van der Waals surface area contributed by atoms with Crippen molar-refractivity contribution in [1.29, 1.82) is 0 Å². The largest absolute Gasteiger partial charge is 0.497 e. The van der Waals surface area contributed by atoms with E-state index in [1.165, 1.54) is 50.6 Å². The Bertz CT molecular complexity index is 1700. The zero-order chi connectivity index (χ0) is 31.4. The van der Waals surface area contributed by atoms with E-state index < -0.39 is 35.2 Å². The fourth-order valence-corrected chi connectivity index (χ4v) is 4.22. The van der Waals surface area contributed by atoms with Gasteiger partial charge in [-0.15, -0.1) is 0 Å². The predicted octanol–water partition coefficient (Wildman–Crippen LogP) is 4.61. The Morgan fingerprint density at radius 2 is 1.74 bits per heavy atom. The zero-order valence-electron chi connectivity index (χ0n) is 22.7. The first kappa shape index (κ1) is 30.6. The summed E-state index contributed by atoms with van der Waals surface area (Å²) in [6.07, 6.45) is -4.17. The van der Waals surface area contributed by atoms with E-state index in [0.29, 0.717) is 22.0 Å². The summed E-state index contributed by atoms with van der Waals surface area (Å²) >= 11 is 0. The molecule has 1 aromatic heterocycles. The topological polar surface area (TPSA) is 145 Å². The zero-order valence-corrected chi connectivity index (χ0v) is 22.7. The molecule has 0 saturated heterocycles. The molecule has 0 aliphatic heterocycles. The lowest BCUT2D eigenvalue weighted by Gasteiger charge is -2.34. The number of pyridine rings is 1. The van der Waals surface area contributed by atoms with Crippen molar-refractivity contribution < 1.29 is 41.4 Å². The standard InChI is InChI=1S/C29H25F4N5O5/c1-16(39)37-19-5-3-4-17(12-19)15-36-26(40)28(43-27(41)29(31,32)33,23-14-21(42-2)7-9-24(23)30)38-20-6-8-22-18(13-20)10-11-35-25(22)34/h3-14,38H,15H2,1-2H3,(H2,34,35)(H,36,40)(H,37,39). The highest BCUT2D eigenvalue weighted by molar-refractivity contribution is 5.96. The van der Waals surface area contributed by atoms with Crippen molar-refractivity contribution >= 4 is 45.7 Å². The van der Waals surface area contributed by atoms with Gasteiger partial charge in [0.15, 0.2) is 0 Å². The molecule has 4 aromatic rings. The van der Waals surface area contributed by atoms with Crippen LogP contribution in [0.1, 0.15) is 18.1 Å². The van der Waals surface area contributed by atoms with Gasteiger partial charge in [0.25, 0.3) is 11.6 Å². The first-order valence-electron chi connectivity index (χ1n) is 12.5. The summed E-state index contributed by atoms with van der Waals surface area (Å²) in [6, 6.07) is 15.0. The van der Waals surface area contributed by atoms with Crippen molar-refractivity contribution in [2.75, 3.05) is 23.5 Å². The van der Waals surface area contributed by atoms with E-state index in [2.05, 4.69) is 20.9 Å². The smallest absolute Gasteiger partial charge is 0.491 e. The number of hydrogen-bond acceptors (Lipinski definition) is 8. The molecule has 0 saturated carbocycles. The number of carbonyl (C=O) groups excluding carboxylic acids is 3. The van der Waals surface area contributed by atoms with E-state index in [1.54, 1.807) is 24.3 Å². The van der Waals surface area contributed by atoms with E-state index >= 15 is 4.39 Å². The van der Waals surface area contributed by atoms with Crippen molar-refractivity contribution in [1.82, 2.24) is 10.3 Å². The number of nitrogens with two attached hydrogens (primary N) is 1. The van der Waals surface area contributed by atoms with Crippen LogP contribution < -0.4 is 26.4 Å². The summed E-state index contributed by atoms with van der Waals surface area (Å²) in [6.45, 7) is 0.981. The number of fused-ring (bicyclic) bond motifs is 1. The fourth-order valence-electron chi connectivity index (χ4n) is 4.22. The van der Waals surface area contributed by atoms with Gasteiger partial charge in [-0.1, -0.05) is 12.1 Å². The third-order valence-corrected chi connectivity index (χ3v) is 6.17. The number of esters is 1. The molecule has 1 atom stereocenters. The number of ether oxygens (including phenoxy) is 2. The van der Waals surface area contributed by atoms with Crippen molar-refractivity contribution in [3.63, 3.8) is 0 Å². The van der Waals surface area contributed by atoms with Crippen LogP contribution in [0.3, 0.4) is 0 Å². The Kier molecular flexibility index (Phi) is 8.69. The number of amides is 2. The molecular formula is C29H25F4N5O5. The van der Waals surface area contributed by atoms with Crippen molar-refractivity contribution in [3.8, 4) is 5.75 Å². The van der Waals surface area contributed by atoms with E-state index in [9.17, 15) is 27.6 Å². The Balaban J connectivity index is 1.85. The number of halogens is 4. The average Bonchev–Trinajstić information content (AvgIpc) is 2.95. The van der Waals surface area contributed by atoms with Gasteiger partial charge in [0, 0.05) is 36.4 Å². The molecule has 43 heavy (non-hydrogen) atoms. The summed E-state index contributed by atoms with van der Waals surface area (Å²) in [7, 11) is 1.22. The number of anilines is 3. The second kappa shape index (κ2) is 12.2. The third-order valence-electron chi connectivity index (χ3n) is 6.17. The number of alkyl halides is 3.